The molecule has 3 N–H and O–H groups in total. The molecule has 0 spiro atoms. The Hall–Kier alpha value is -2.93. The lowest BCUT2D eigenvalue weighted by Gasteiger charge is -2.30. The van der Waals surface area contributed by atoms with Crippen LogP contribution in [0.2, 0.25) is 0 Å². The first-order chi connectivity index (χ1) is 11.5. The Morgan fingerprint density at radius 1 is 1.08 bits per heavy atom. The number of phenolic OH excluding ortho intramolecular Hbond substituents is 2. The highest BCUT2D eigenvalue weighted by atomic mass is 16.5. The molecule has 0 unspecified atom stereocenters. The second-order valence-corrected chi connectivity index (χ2v) is 5.27. The number of carbonyl (C=O) groups excluding carboxylic acids is 1. The van der Waals surface area contributed by atoms with E-state index in [-0.39, 0.29) is 22.8 Å². The van der Waals surface area contributed by atoms with Gasteiger partial charge in [0, 0.05) is 6.07 Å². The number of carbonyl (C=O) groups is 1. The zero-order chi connectivity index (χ0) is 17.4. The monoisotopic (exact) mass is 332 g/mol. The van der Waals surface area contributed by atoms with Crippen LogP contribution in [0.4, 0.5) is 0 Å². The number of benzene rings is 2. The summed E-state index contributed by atoms with van der Waals surface area (Å²) in [5.74, 6) is -1.30. The standard InChI is InChI=1S/C17H16O7/c1-22-9-5-3-8(4-6-9)16-15(21)13(19)12-11(24-16)7-10(18)17(23-2)14(12)20/h3-7,15-16,18,20-21H,1-2H3/t15-,16-/m1/s1. The van der Waals surface area contributed by atoms with Crippen molar-refractivity contribution >= 4 is 5.78 Å². The van der Waals surface area contributed by atoms with Crippen LogP contribution in [0.3, 0.4) is 0 Å². The summed E-state index contributed by atoms with van der Waals surface area (Å²) in [6.07, 6.45) is -2.48. The largest absolute Gasteiger partial charge is 0.504 e. The van der Waals surface area contributed by atoms with E-state index in [1.807, 2.05) is 0 Å². The smallest absolute Gasteiger partial charge is 0.203 e. The summed E-state index contributed by atoms with van der Waals surface area (Å²) in [6, 6.07) is 7.85. The van der Waals surface area contributed by atoms with Gasteiger partial charge in [0.25, 0.3) is 0 Å². The summed E-state index contributed by atoms with van der Waals surface area (Å²) >= 11 is 0. The summed E-state index contributed by atoms with van der Waals surface area (Å²) in [6.45, 7) is 0. The van der Waals surface area contributed by atoms with Crippen molar-refractivity contribution in [1.29, 1.82) is 0 Å². The van der Waals surface area contributed by atoms with Crippen LogP contribution in [0, 0.1) is 0 Å². The molecule has 7 nitrogen and oxygen atoms in total. The zero-order valence-electron chi connectivity index (χ0n) is 13.0. The molecule has 24 heavy (non-hydrogen) atoms. The van der Waals surface area contributed by atoms with Crippen LogP contribution in [0.1, 0.15) is 22.0 Å². The van der Waals surface area contributed by atoms with Gasteiger partial charge in [-0.05, 0) is 17.7 Å². The van der Waals surface area contributed by atoms with E-state index in [1.54, 1.807) is 24.3 Å². The highest BCUT2D eigenvalue weighted by molar-refractivity contribution is 6.06. The molecule has 1 aliphatic rings. The molecule has 2 aromatic rings. The van der Waals surface area contributed by atoms with Crippen molar-refractivity contribution in [2.24, 2.45) is 0 Å². The molecule has 0 amide bonds. The molecule has 3 rings (SSSR count). The van der Waals surface area contributed by atoms with Crippen LogP contribution >= 0.6 is 0 Å². The number of aliphatic hydroxyl groups is 1. The van der Waals surface area contributed by atoms with E-state index in [4.69, 9.17) is 14.2 Å². The fourth-order valence-corrected chi connectivity index (χ4v) is 2.68. The van der Waals surface area contributed by atoms with Gasteiger partial charge in [-0.15, -0.1) is 0 Å². The van der Waals surface area contributed by atoms with E-state index in [0.29, 0.717) is 11.3 Å². The Kier molecular flexibility index (Phi) is 3.94. The van der Waals surface area contributed by atoms with Gasteiger partial charge in [0.1, 0.15) is 17.1 Å². The van der Waals surface area contributed by atoms with Crippen molar-refractivity contribution in [2.75, 3.05) is 14.2 Å². The predicted octanol–water partition coefficient (Wildman–Crippen LogP) is 1.79. The summed E-state index contributed by atoms with van der Waals surface area (Å²) in [4.78, 5) is 12.5. The fourth-order valence-electron chi connectivity index (χ4n) is 2.68. The predicted molar refractivity (Wildman–Crippen MR) is 83.0 cm³/mol. The van der Waals surface area contributed by atoms with Crippen LogP contribution in [0.5, 0.6) is 28.7 Å². The number of fused-ring (bicyclic) bond motifs is 1. The van der Waals surface area contributed by atoms with E-state index < -0.39 is 23.7 Å². The second-order valence-electron chi connectivity index (χ2n) is 5.27. The average Bonchev–Trinajstić information content (AvgIpc) is 2.58. The topological polar surface area (TPSA) is 105 Å². The van der Waals surface area contributed by atoms with E-state index in [0.717, 1.165) is 0 Å². The summed E-state index contributed by atoms with van der Waals surface area (Å²) < 4.78 is 15.6. The van der Waals surface area contributed by atoms with Crippen molar-refractivity contribution in [3.8, 4) is 28.7 Å². The Bertz CT molecular complexity index is 783. The highest BCUT2D eigenvalue weighted by Gasteiger charge is 2.40. The van der Waals surface area contributed by atoms with Crippen LogP contribution in [0.25, 0.3) is 0 Å². The quantitative estimate of drug-likeness (QED) is 0.787. The van der Waals surface area contributed by atoms with E-state index >= 15 is 0 Å². The summed E-state index contributed by atoms with van der Waals surface area (Å²) in [7, 11) is 2.77. The molecule has 0 bridgehead atoms. The average molecular weight is 332 g/mol. The Morgan fingerprint density at radius 2 is 1.75 bits per heavy atom. The number of methoxy groups -OCH3 is 2. The molecule has 0 fully saturated rings. The van der Waals surface area contributed by atoms with Crippen molar-refractivity contribution in [3.63, 3.8) is 0 Å². The maximum Gasteiger partial charge on any atom is 0.203 e. The first-order valence-corrected chi connectivity index (χ1v) is 7.13. The number of ketones is 1. The van der Waals surface area contributed by atoms with E-state index in [1.165, 1.54) is 20.3 Å². The van der Waals surface area contributed by atoms with Gasteiger partial charge in [-0.25, -0.2) is 0 Å². The molecule has 0 saturated heterocycles. The molecule has 2 aromatic carbocycles. The van der Waals surface area contributed by atoms with Gasteiger partial charge in [0.2, 0.25) is 11.5 Å². The first kappa shape index (κ1) is 15.9. The van der Waals surface area contributed by atoms with Crippen LogP contribution in [0.15, 0.2) is 30.3 Å². The number of hydrogen-bond acceptors (Lipinski definition) is 7. The third kappa shape index (κ3) is 2.39. The number of Topliss-reactive ketones (excluding diaryl/α,β-unsaturated/α-hetero) is 1. The molecule has 1 aliphatic heterocycles. The van der Waals surface area contributed by atoms with Crippen molar-refractivity contribution in [1.82, 2.24) is 0 Å². The van der Waals surface area contributed by atoms with Gasteiger partial charge in [-0.2, -0.15) is 0 Å². The minimum atomic E-state index is -1.51. The fraction of sp³-hybridized carbons (Fsp3) is 0.235. The number of aliphatic hydroxyl groups excluding tert-OH is 1. The minimum Gasteiger partial charge on any atom is -0.504 e. The molecule has 126 valence electrons. The van der Waals surface area contributed by atoms with Gasteiger partial charge in [0.15, 0.2) is 23.7 Å². The summed E-state index contributed by atoms with van der Waals surface area (Å²) in [5.41, 5.74) is 0.332. The third-order valence-corrected chi connectivity index (χ3v) is 3.90. The molecule has 0 saturated carbocycles. The van der Waals surface area contributed by atoms with Crippen molar-refractivity contribution in [3.05, 3.63) is 41.5 Å². The molecule has 7 heteroatoms. The number of rotatable bonds is 3. The number of hydrogen-bond donors (Lipinski definition) is 3. The number of phenols is 2. The maximum atomic E-state index is 12.5. The molecule has 0 aromatic heterocycles. The number of ether oxygens (including phenoxy) is 3. The molecule has 2 atom stereocenters. The van der Waals surface area contributed by atoms with Gasteiger partial charge in [-0.1, -0.05) is 12.1 Å². The Morgan fingerprint density at radius 3 is 2.33 bits per heavy atom. The lowest BCUT2D eigenvalue weighted by molar-refractivity contribution is 0.0209. The molecular weight excluding hydrogens is 316 g/mol. The van der Waals surface area contributed by atoms with E-state index in [9.17, 15) is 20.1 Å². The maximum absolute atomic E-state index is 12.5. The second kappa shape index (κ2) is 5.93. The highest BCUT2D eigenvalue weighted by Crippen LogP contribution is 2.48. The third-order valence-electron chi connectivity index (χ3n) is 3.90. The summed E-state index contributed by atoms with van der Waals surface area (Å²) in [5, 5.41) is 30.3. The van der Waals surface area contributed by atoms with Gasteiger partial charge < -0.3 is 29.5 Å². The molecule has 0 radical (unpaired) electrons. The molecule has 1 heterocycles. The Labute approximate surface area is 137 Å². The molecule has 0 aliphatic carbocycles. The minimum absolute atomic E-state index is 0.0260. The normalized spacial score (nSPS) is 19.4. The zero-order valence-corrected chi connectivity index (χ0v) is 13.0. The van der Waals surface area contributed by atoms with Gasteiger partial charge in [-0.3, -0.25) is 4.79 Å². The van der Waals surface area contributed by atoms with Crippen molar-refractivity contribution < 1.29 is 34.3 Å². The lowest BCUT2D eigenvalue weighted by Crippen LogP contribution is -2.36. The van der Waals surface area contributed by atoms with Crippen molar-refractivity contribution in [2.45, 2.75) is 12.2 Å². The SMILES string of the molecule is COc1ccc([C@H]2Oc3cc(O)c(OC)c(O)c3C(=O)[C@H]2O)cc1. The molecular formula is C17H16O7. The van der Waals surface area contributed by atoms with Gasteiger partial charge in [0.05, 0.1) is 14.2 Å². The van der Waals surface area contributed by atoms with Crippen LogP contribution < -0.4 is 14.2 Å². The van der Waals surface area contributed by atoms with Crippen LogP contribution in [-0.4, -0.2) is 41.4 Å². The number of aromatic hydroxyl groups is 2. The van der Waals surface area contributed by atoms with E-state index in [2.05, 4.69) is 0 Å². The van der Waals surface area contributed by atoms with Gasteiger partial charge >= 0.3 is 0 Å². The first-order valence-electron chi connectivity index (χ1n) is 7.13. The van der Waals surface area contributed by atoms with Crippen LogP contribution in [-0.2, 0) is 0 Å². The Balaban J connectivity index is 2.05. The lowest BCUT2D eigenvalue weighted by atomic mass is 9.92.